The van der Waals surface area contributed by atoms with Crippen molar-refractivity contribution in [3.05, 3.63) is 70.9 Å². The fraction of sp³-hybridized carbons (Fsp3) is 0.286. The average Bonchev–Trinajstić information content (AvgIpc) is 3.08. The lowest BCUT2D eigenvalue weighted by molar-refractivity contribution is 0.0963. The van der Waals surface area contributed by atoms with E-state index in [-0.39, 0.29) is 5.91 Å². The van der Waals surface area contributed by atoms with Crippen molar-refractivity contribution in [2.45, 2.75) is 26.3 Å². The number of nitrogens with one attached hydrogen (secondary N) is 3. The zero-order valence-electron chi connectivity index (χ0n) is 14.9. The molecule has 1 amide bonds. The molecule has 0 unspecified atom stereocenters. The van der Waals surface area contributed by atoms with Crippen molar-refractivity contribution >= 4 is 16.8 Å². The number of aryl methyl sites for hydroxylation is 1. The second-order valence-corrected chi connectivity index (χ2v) is 6.21. The zero-order valence-corrected chi connectivity index (χ0v) is 14.9. The van der Waals surface area contributed by atoms with Crippen molar-refractivity contribution < 1.29 is 4.79 Å². The highest BCUT2D eigenvalue weighted by Gasteiger charge is 2.06. The van der Waals surface area contributed by atoms with Crippen molar-refractivity contribution in [2.75, 3.05) is 13.6 Å². The summed E-state index contributed by atoms with van der Waals surface area (Å²) in [6.45, 7) is 3.91. The van der Waals surface area contributed by atoms with E-state index in [9.17, 15) is 4.79 Å². The molecule has 0 aliphatic carbocycles. The number of fused-ring (bicyclic) bond motifs is 1. The molecule has 0 atom stereocenters. The van der Waals surface area contributed by atoms with Crippen LogP contribution in [0.2, 0.25) is 0 Å². The maximum atomic E-state index is 11.5. The van der Waals surface area contributed by atoms with E-state index in [2.05, 4.69) is 46.9 Å². The molecule has 4 nitrogen and oxygen atoms in total. The number of carbonyl (C=O) groups excluding carboxylic acids is 1. The topological polar surface area (TPSA) is 56.9 Å². The minimum atomic E-state index is -0.0507. The number of aromatic nitrogens is 1. The summed E-state index contributed by atoms with van der Waals surface area (Å²) < 4.78 is 0. The summed E-state index contributed by atoms with van der Waals surface area (Å²) in [6.07, 6.45) is 4.16. The van der Waals surface area contributed by atoms with Gasteiger partial charge < -0.3 is 15.6 Å². The highest BCUT2D eigenvalue weighted by atomic mass is 16.1. The largest absolute Gasteiger partial charge is 0.361 e. The van der Waals surface area contributed by atoms with Gasteiger partial charge in [-0.25, -0.2) is 0 Å². The standard InChI is InChI=1S/C21H25N3O/c1-3-16-5-4-6-19-18(14-24-20(16)19)11-12-23-13-15-7-9-17(10-8-15)21(25)22-2/h4-10,14,23-24H,3,11-13H2,1-2H3,(H,22,25). The van der Waals surface area contributed by atoms with Gasteiger partial charge in [0.1, 0.15) is 0 Å². The van der Waals surface area contributed by atoms with Crippen LogP contribution in [0.15, 0.2) is 48.7 Å². The molecular weight excluding hydrogens is 310 g/mol. The summed E-state index contributed by atoms with van der Waals surface area (Å²) >= 11 is 0. The molecule has 2 aromatic carbocycles. The third-order valence-corrected chi connectivity index (χ3v) is 4.61. The summed E-state index contributed by atoms with van der Waals surface area (Å²) in [5, 5.41) is 7.44. The maximum Gasteiger partial charge on any atom is 0.251 e. The second-order valence-electron chi connectivity index (χ2n) is 6.21. The van der Waals surface area contributed by atoms with E-state index >= 15 is 0 Å². The van der Waals surface area contributed by atoms with Gasteiger partial charge in [-0.15, -0.1) is 0 Å². The predicted molar refractivity (Wildman–Crippen MR) is 103 cm³/mol. The Bertz CT molecular complexity index is 849. The fourth-order valence-electron chi connectivity index (χ4n) is 3.15. The summed E-state index contributed by atoms with van der Waals surface area (Å²) in [4.78, 5) is 15.0. The van der Waals surface area contributed by atoms with Crippen LogP contribution in [0.4, 0.5) is 0 Å². The van der Waals surface area contributed by atoms with E-state index in [0.29, 0.717) is 5.56 Å². The number of carbonyl (C=O) groups is 1. The monoisotopic (exact) mass is 335 g/mol. The molecule has 0 bridgehead atoms. The number of aromatic amines is 1. The summed E-state index contributed by atoms with van der Waals surface area (Å²) in [7, 11) is 1.64. The average molecular weight is 335 g/mol. The second kappa shape index (κ2) is 7.99. The van der Waals surface area contributed by atoms with Crippen molar-refractivity contribution in [1.29, 1.82) is 0 Å². The molecule has 1 aromatic heterocycles. The van der Waals surface area contributed by atoms with Crippen LogP contribution in [0.1, 0.15) is 34.0 Å². The number of benzene rings is 2. The Morgan fingerprint density at radius 2 is 1.88 bits per heavy atom. The van der Waals surface area contributed by atoms with Crippen LogP contribution >= 0.6 is 0 Å². The van der Waals surface area contributed by atoms with Gasteiger partial charge in [-0.1, -0.05) is 37.3 Å². The van der Waals surface area contributed by atoms with Crippen molar-refractivity contribution in [3.8, 4) is 0 Å². The van der Waals surface area contributed by atoms with Crippen LogP contribution in [-0.2, 0) is 19.4 Å². The van der Waals surface area contributed by atoms with Gasteiger partial charge in [0.2, 0.25) is 0 Å². The van der Waals surface area contributed by atoms with Crippen LogP contribution < -0.4 is 10.6 Å². The van der Waals surface area contributed by atoms with Crippen LogP contribution in [0.3, 0.4) is 0 Å². The Morgan fingerprint density at radius 1 is 1.08 bits per heavy atom. The summed E-state index contributed by atoms with van der Waals surface area (Å²) in [5.41, 5.74) is 5.86. The number of rotatable bonds is 7. The summed E-state index contributed by atoms with van der Waals surface area (Å²) in [6, 6.07) is 14.2. The molecule has 0 fully saturated rings. The molecule has 0 spiro atoms. The first-order valence-electron chi connectivity index (χ1n) is 8.82. The van der Waals surface area contributed by atoms with Crippen LogP contribution in [0, 0.1) is 0 Å². The highest BCUT2D eigenvalue weighted by Crippen LogP contribution is 2.22. The Morgan fingerprint density at radius 3 is 2.60 bits per heavy atom. The molecule has 0 aliphatic heterocycles. The van der Waals surface area contributed by atoms with Gasteiger partial charge >= 0.3 is 0 Å². The van der Waals surface area contributed by atoms with Gasteiger partial charge in [-0.3, -0.25) is 4.79 Å². The number of H-pyrrole nitrogens is 1. The highest BCUT2D eigenvalue weighted by molar-refractivity contribution is 5.93. The van der Waals surface area contributed by atoms with E-state index in [1.807, 2.05) is 24.3 Å². The smallest absolute Gasteiger partial charge is 0.251 e. The van der Waals surface area contributed by atoms with Gasteiger partial charge in [0.15, 0.2) is 0 Å². The Labute approximate surface area is 148 Å². The van der Waals surface area contributed by atoms with Gasteiger partial charge in [-0.2, -0.15) is 0 Å². The van der Waals surface area contributed by atoms with Crippen molar-refractivity contribution in [1.82, 2.24) is 15.6 Å². The lowest BCUT2D eigenvalue weighted by Gasteiger charge is -2.06. The third-order valence-electron chi connectivity index (χ3n) is 4.61. The van der Waals surface area contributed by atoms with Crippen LogP contribution in [-0.4, -0.2) is 24.5 Å². The zero-order chi connectivity index (χ0) is 17.6. The molecule has 3 N–H and O–H groups in total. The van der Waals surface area contributed by atoms with E-state index in [4.69, 9.17) is 0 Å². The van der Waals surface area contributed by atoms with Crippen LogP contribution in [0.25, 0.3) is 10.9 Å². The van der Waals surface area contributed by atoms with E-state index in [1.165, 1.54) is 27.6 Å². The quantitative estimate of drug-likeness (QED) is 0.580. The molecule has 3 rings (SSSR count). The molecule has 4 heteroatoms. The first-order chi connectivity index (χ1) is 12.2. The SMILES string of the molecule is CCc1cccc2c(CCNCc3ccc(C(=O)NC)cc3)c[nH]c12. The number of hydrogen-bond acceptors (Lipinski definition) is 2. The molecule has 130 valence electrons. The summed E-state index contributed by atoms with van der Waals surface area (Å²) in [5.74, 6) is -0.0507. The van der Waals surface area contributed by atoms with Crippen molar-refractivity contribution in [2.24, 2.45) is 0 Å². The molecule has 0 saturated heterocycles. The maximum absolute atomic E-state index is 11.5. The van der Waals surface area contributed by atoms with Gasteiger partial charge in [0.25, 0.3) is 5.91 Å². The van der Waals surface area contributed by atoms with Crippen molar-refractivity contribution in [3.63, 3.8) is 0 Å². The molecule has 0 saturated carbocycles. The molecule has 0 aliphatic rings. The first kappa shape index (κ1) is 17.2. The number of amides is 1. The Balaban J connectivity index is 1.54. The molecule has 25 heavy (non-hydrogen) atoms. The van der Waals surface area contributed by atoms with Gasteiger partial charge in [0, 0.05) is 36.3 Å². The van der Waals surface area contributed by atoms with E-state index in [1.54, 1.807) is 7.05 Å². The van der Waals surface area contributed by atoms with Gasteiger partial charge in [0.05, 0.1) is 0 Å². The molecule has 3 aromatic rings. The fourth-order valence-corrected chi connectivity index (χ4v) is 3.15. The Kier molecular flexibility index (Phi) is 5.51. The first-order valence-corrected chi connectivity index (χ1v) is 8.82. The molecular formula is C21H25N3O. The predicted octanol–water partition coefficient (Wildman–Crippen LogP) is 3.42. The van der Waals surface area contributed by atoms with E-state index in [0.717, 1.165) is 25.9 Å². The minimum absolute atomic E-state index is 0.0507. The number of hydrogen-bond donors (Lipinski definition) is 3. The minimum Gasteiger partial charge on any atom is -0.361 e. The van der Waals surface area contributed by atoms with E-state index < -0.39 is 0 Å². The lowest BCUT2D eigenvalue weighted by Crippen LogP contribution is -2.18. The number of para-hydroxylation sites is 1. The third kappa shape index (κ3) is 3.91. The van der Waals surface area contributed by atoms with Gasteiger partial charge in [-0.05, 0) is 48.2 Å². The molecule has 1 heterocycles. The van der Waals surface area contributed by atoms with Crippen LogP contribution in [0.5, 0.6) is 0 Å². The normalized spacial score (nSPS) is 11.0. The Hall–Kier alpha value is -2.59. The lowest BCUT2D eigenvalue weighted by atomic mass is 10.1. The molecule has 0 radical (unpaired) electrons.